The maximum atomic E-state index is 12.3. The number of nitrogens with zero attached hydrogens (tertiary/aromatic N) is 3. The van der Waals surface area contributed by atoms with Crippen molar-refractivity contribution >= 4 is 17.5 Å². The Labute approximate surface area is 143 Å². The van der Waals surface area contributed by atoms with Crippen molar-refractivity contribution in [3.05, 3.63) is 71.5 Å². The van der Waals surface area contributed by atoms with E-state index in [4.69, 9.17) is 5.73 Å². The number of carbonyl (C=O) groups is 2. The number of nitrogen functional groups attached to an aromatic ring is 1. The van der Waals surface area contributed by atoms with Crippen LogP contribution in [-0.4, -0.2) is 26.8 Å². The Balaban J connectivity index is 1.71. The number of rotatable bonds is 3. The molecule has 25 heavy (non-hydrogen) atoms. The second-order valence-electron chi connectivity index (χ2n) is 5.25. The summed E-state index contributed by atoms with van der Waals surface area (Å²) in [4.78, 5) is 25.7. The van der Waals surface area contributed by atoms with E-state index in [0.717, 1.165) is 5.69 Å². The first-order valence-corrected chi connectivity index (χ1v) is 7.51. The Morgan fingerprint density at radius 1 is 0.920 bits per heavy atom. The normalized spacial score (nSPS) is 10.3. The van der Waals surface area contributed by atoms with E-state index in [1.165, 1.54) is 4.80 Å². The lowest BCUT2D eigenvalue weighted by Crippen LogP contribution is -2.42. The van der Waals surface area contributed by atoms with E-state index in [1.54, 1.807) is 31.2 Å². The molecule has 0 unspecified atom stereocenters. The molecule has 3 aromatic rings. The number of amides is 2. The molecule has 0 spiro atoms. The first kappa shape index (κ1) is 16.2. The molecular weight excluding hydrogens is 320 g/mol. The second kappa shape index (κ2) is 6.83. The van der Waals surface area contributed by atoms with E-state index in [0.29, 0.717) is 11.4 Å². The molecule has 3 rings (SSSR count). The van der Waals surface area contributed by atoms with E-state index in [1.807, 2.05) is 30.3 Å². The summed E-state index contributed by atoms with van der Waals surface area (Å²) in [5.74, 6) is -1.08. The quantitative estimate of drug-likeness (QED) is 0.491. The minimum absolute atomic E-state index is 0.116. The predicted molar refractivity (Wildman–Crippen MR) is 91.9 cm³/mol. The standard InChI is InChI=1S/C17H16N6O2/c1-11-15(22-23(21-11)12-7-3-2-4-8-12)17(25)20-19-16(24)13-9-5-6-10-14(13)18/h2-10H,18H2,1H3,(H,19,24)(H,20,25). The minimum atomic E-state index is -0.567. The summed E-state index contributed by atoms with van der Waals surface area (Å²) in [5, 5.41) is 8.38. The van der Waals surface area contributed by atoms with E-state index in [9.17, 15) is 9.59 Å². The van der Waals surface area contributed by atoms with Gasteiger partial charge in [0, 0.05) is 5.69 Å². The van der Waals surface area contributed by atoms with Gasteiger partial charge in [0.05, 0.1) is 16.9 Å². The summed E-state index contributed by atoms with van der Waals surface area (Å²) in [6, 6.07) is 15.8. The molecule has 1 aromatic heterocycles. The number of benzene rings is 2. The molecule has 8 heteroatoms. The molecule has 2 amide bonds. The Bertz CT molecular complexity index is 920. The topological polar surface area (TPSA) is 115 Å². The maximum absolute atomic E-state index is 12.3. The summed E-state index contributed by atoms with van der Waals surface area (Å²) in [5.41, 5.74) is 12.2. The van der Waals surface area contributed by atoms with Crippen LogP contribution in [-0.2, 0) is 0 Å². The van der Waals surface area contributed by atoms with Crippen molar-refractivity contribution in [2.45, 2.75) is 6.92 Å². The molecule has 2 aromatic carbocycles. The predicted octanol–water partition coefficient (Wildman–Crippen LogP) is 1.23. The lowest BCUT2D eigenvalue weighted by molar-refractivity contribution is 0.0843. The maximum Gasteiger partial charge on any atom is 0.292 e. The Morgan fingerprint density at radius 3 is 2.28 bits per heavy atom. The van der Waals surface area contributed by atoms with Gasteiger partial charge in [0.1, 0.15) is 0 Å². The molecule has 0 aliphatic carbocycles. The summed E-state index contributed by atoms with van der Waals surface area (Å²) in [6.07, 6.45) is 0. The smallest absolute Gasteiger partial charge is 0.292 e. The van der Waals surface area contributed by atoms with Gasteiger partial charge in [0.2, 0.25) is 0 Å². The van der Waals surface area contributed by atoms with Crippen LogP contribution in [0.4, 0.5) is 5.69 Å². The highest BCUT2D eigenvalue weighted by molar-refractivity contribution is 6.01. The molecule has 8 nitrogen and oxygen atoms in total. The summed E-state index contributed by atoms with van der Waals surface area (Å²) in [7, 11) is 0. The lowest BCUT2D eigenvalue weighted by atomic mass is 10.2. The van der Waals surface area contributed by atoms with Gasteiger partial charge < -0.3 is 5.73 Å². The Hall–Kier alpha value is -3.68. The monoisotopic (exact) mass is 336 g/mol. The highest BCUT2D eigenvalue weighted by Gasteiger charge is 2.17. The van der Waals surface area contributed by atoms with Gasteiger partial charge in [-0.2, -0.15) is 9.90 Å². The third-order valence-corrected chi connectivity index (χ3v) is 3.48. The minimum Gasteiger partial charge on any atom is -0.398 e. The number of carbonyl (C=O) groups excluding carboxylic acids is 2. The molecule has 0 aliphatic rings. The van der Waals surface area contributed by atoms with E-state index < -0.39 is 11.8 Å². The van der Waals surface area contributed by atoms with Crippen LogP contribution < -0.4 is 16.6 Å². The van der Waals surface area contributed by atoms with Crippen molar-refractivity contribution in [1.82, 2.24) is 25.8 Å². The van der Waals surface area contributed by atoms with Gasteiger partial charge in [-0.1, -0.05) is 30.3 Å². The van der Waals surface area contributed by atoms with Gasteiger partial charge in [-0.15, -0.1) is 5.10 Å². The number of hydrogen-bond donors (Lipinski definition) is 3. The Morgan fingerprint density at radius 2 is 1.56 bits per heavy atom. The van der Waals surface area contributed by atoms with Gasteiger partial charge in [0.25, 0.3) is 11.8 Å². The number of nitrogens with two attached hydrogens (primary N) is 1. The van der Waals surface area contributed by atoms with Crippen LogP contribution in [0.2, 0.25) is 0 Å². The SMILES string of the molecule is Cc1nn(-c2ccccc2)nc1C(=O)NNC(=O)c1ccccc1N. The molecule has 0 aliphatic heterocycles. The van der Waals surface area contributed by atoms with Crippen LogP contribution >= 0.6 is 0 Å². The third-order valence-electron chi connectivity index (χ3n) is 3.48. The number of anilines is 1. The van der Waals surface area contributed by atoms with Gasteiger partial charge >= 0.3 is 0 Å². The van der Waals surface area contributed by atoms with Crippen molar-refractivity contribution < 1.29 is 9.59 Å². The zero-order valence-electron chi connectivity index (χ0n) is 13.4. The van der Waals surface area contributed by atoms with Crippen molar-refractivity contribution in [2.75, 3.05) is 5.73 Å². The van der Waals surface area contributed by atoms with E-state index >= 15 is 0 Å². The highest BCUT2D eigenvalue weighted by atomic mass is 16.2. The molecule has 0 atom stereocenters. The second-order valence-corrected chi connectivity index (χ2v) is 5.25. The molecule has 0 fully saturated rings. The number of para-hydroxylation sites is 2. The Kier molecular flexibility index (Phi) is 4.42. The van der Waals surface area contributed by atoms with Crippen LogP contribution in [0.3, 0.4) is 0 Å². The zero-order valence-corrected chi connectivity index (χ0v) is 13.4. The van der Waals surface area contributed by atoms with Crippen molar-refractivity contribution in [3.8, 4) is 5.69 Å². The number of hydrogen-bond acceptors (Lipinski definition) is 5. The average molecular weight is 336 g/mol. The number of hydrazine groups is 1. The van der Waals surface area contributed by atoms with Crippen LogP contribution in [0.25, 0.3) is 5.69 Å². The number of aromatic nitrogens is 3. The van der Waals surface area contributed by atoms with Crippen LogP contribution in [0.1, 0.15) is 26.5 Å². The van der Waals surface area contributed by atoms with Crippen LogP contribution in [0.5, 0.6) is 0 Å². The van der Waals surface area contributed by atoms with E-state index in [2.05, 4.69) is 21.0 Å². The fourth-order valence-electron chi connectivity index (χ4n) is 2.21. The average Bonchev–Trinajstić information content (AvgIpc) is 3.02. The zero-order chi connectivity index (χ0) is 17.8. The molecule has 0 saturated carbocycles. The first-order valence-electron chi connectivity index (χ1n) is 7.51. The molecule has 1 heterocycles. The van der Waals surface area contributed by atoms with Crippen LogP contribution in [0, 0.1) is 6.92 Å². The molecule has 0 radical (unpaired) electrons. The van der Waals surface area contributed by atoms with Gasteiger partial charge in [-0.05, 0) is 31.2 Å². The molecule has 4 N–H and O–H groups in total. The van der Waals surface area contributed by atoms with Crippen molar-refractivity contribution in [1.29, 1.82) is 0 Å². The number of aryl methyl sites for hydroxylation is 1. The first-order chi connectivity index (χ1) is 12.1. The van der Waals surface area contributed by atoms with Crippen molar-refractivity contribution in [3.63, 3.8) is 0 Å². The van der Waals surface area contributed by atoms with Gasteiger partial charge in [0.15, 0.2) is 5.69 Å². The lowest BCUT2D eigenvalue weighted by Gasteiger charge is -2.07. The largest absolute Gasteiger partial charge is 0.398 e. The molecule has 0 bridgehead atoms. The van der Waals surface area contributed by atoms with Crippen LogP contribution in [0.15, 0.2) is 54.6 Å². The van der Waals surface area contributed by atoms with Crippen molar-refractivity contribution in [2.24, 2.45) is 0 Å². The molecule has 0 saturated heterocycles. The molecule has 126 valence electrons. The molecular formula is C17H16N6O2. The summed E-state index contributed by atoms with van der Waals surface area (Å²) in [6.45, 7) is 1.67. The highest BCUT2D eigenvalue weighted by Crippen LogP contribution is 2.10. The summed E-state index contributed by atoms with van der Waals surface area (Å²) >= 11 is 0. The number of nitrogens with one attached hydrogen (secondary N) is 2. The fraction of sp³-hybridized carbons (Fsp3) is 0.0588. The van der Waals surface area contributed by atoms with E-state index in [-0.39, 0.29) is 11.3 Å². The van der Waals surface area contributed by atoms with Gasteiger partial charge in [-0.25, -0.2) is 0 Å². The third kappa shape index (κ3) is 3.47. The summed E-state index contributed by atoms with van der Waals surface area (Å²) < 4.78 is 0. The fourth-order valence-corrected chi connectivity index (χ4v) is 2.21. The van der Waals surface area contributed by atoms with Gasteiger partial charge in [-0.3, -0.25) is 20.4 Å².